The Balaban J connectivity index is 2.25. The molecule has 1 aromatic rings. The fraction of sp³-hybridized carbons (Fsp3) is 0.417. The van der Waals surface area contributed by atoms with Crippen LogP contribution in [0.5, 0.6) is 0 Å². The Morgan fingerprint density at radius 1 is 1.25 bits per heavy atom. The van der Waals surface area contributed by atoms with Crippen LogP contribution in [-0.4, -0.2) is 15.2 Å². The Morgan fingerprint density at radius 2 is 2.00 bits per heavy atom. The van der Waals surface area contributed by atoms with Crippen LogP contribution in [0.25, 0.3) is 0 Å². The summed E-state index contributed by atoms with van der Waals surface area (Å²) in [6, 6.07) is 5.97. The molecular formula is C12H13FO2S. The van der Waals surface area contributed by atoms with E-state index in [4.69, 9.17) is 0 Å². The summed E-state index contributed by atoms with van der Waals surface area (Å²) in [5.74, 6) is -0.480. The maximum Gasteiger partial charge on any atom is 0.148 e. The van der Waals surface area contributed by atoms with Gasteiger partial charge < -0.3 is 0 Å². The molecule has 0 saturated heterocycles. The summed E-state index contributed by atoms with van der Waals surface area (Å²) in [6.45, 7) is 0. The number of carbonyl (C=O) groups excluding carboxylic acids is 1. The first-order chi connectivity index (χ1) is 7.70. The van der Waals surface area contributed by atoms with Gasteiger partial charge in [0.15, 0.2) is 0 Å². The van der Waals surface area contributed by atoms with E-state index in [1.165, 1.54) is 12.1 Å². The normalized spacial score (nSPS) is 23.1. The van der Waals surface area contributed by atoms with Crippen molar-refractivity contribution in [2.24, 2.45) is 0 Å². The molecule has 0 aliphatic heterocycles. The molecule has 2 atom stereocenters. The molecule has 4 heteroatoms. The van der Waals surface area contributed by atoms with Crippen molar-refractivity contribution in [3.8, 4) is 0 Å². The van der Waals surface area contributed by atoms with Gasteiger partial charge in [0.25, 0.3) is 0 Å². The third-order valence-electron chi connectivity index (χ3n) is 2.81. The maximum atomic E-state index is 13.4. The zero-order valence-electron chi connectivity index (χ0n) is 8.82. The van der Waals surface area contributed by atoms with E-state index in [2.05, 4.69) is 0 Å². The van der Waals surface area contributed by atoms with E-state index in [9.17, 15) is 13.4 Å². The third kappa shape index (κ3) is 2.21. The predicted octanol–water partition coefficient (Wildman–Crippen LogP) is 2.45. The van der Waals surface area contributed by atoms with E-state index in [1.54, 1.807) is 12.1 Å². The molecule has 1 fully saturated rings. The molecule has 16 heavy (non-hydrogen) atoms. The Labute approximate surface area is 96.3 Å². The van der Waals surface area contributed by atoms with Gasteiger partial charge in [-0.3, -0.25) is 9.00 Å². The maximum absolute atomic E-state index is 13.4. The minimum atomic E-state index is -1.54. The lowest BCUT2D eigenvalue weighted by molar-refractivity contribution is -0.119. The van der Waals surface area contributed by atoms with Crippen molar-refractivity contribution in [2.75, 3.05) is 0 Å². The summed E-state index contributed by atoms with van der Waals surface area (Å²) < 4.78 is 25.5. The molecule has 0 N–H and O–H groups in total. The molecule has 0 bridgehead atoms. The van der Waals surface area contributed by atoms with E-state index in [1.807, 2.05) is 0 Å². The van der Waals surface area contributed by atoms with Gasteiger partial charge in [0.2, 0.25) is 0 Å². The van der Waals surface area contributed by atoms with Crippen molar-refractivity contribution < 1.29 is 13.4 Å². The first-order valence-electron chi connectivity index (χ1n) is 5.38. The second-order valence-corrected chi connectivity index (χ2v) is 5.53. The fourth-order valence-electron chi connectivity index (χ4n) is 1.94. The lowest BCUT2D eigenvalue weighted by Crippen LogP contribution is -2.29. The topological polar surface area (TPSA) is 34.1 Å². The van der Waals surface area contributed by atoms with Gasteiger partial charge in [-0.25, -0.2) is 4.39 Å². The summed E-state index contributed by atoms with van der Waals surface area (Å²) in [6.07, 6.45) is 2.85. The van der Waals surface area contributed by atoms with Crippen molar-refractivity contribution >= 4 is 16.6 Å². The van der Waals surface area contributed by atoms with Gasteiger partial charge in [0, 0.05) is 6.42 Å². The number of rotatable bonds is 2. The van der Waals surface area contributed by atoms with E-state index < -0.39 is 21.9 Å². The molecule has 0 radical (unpaired) electrons. The summed E-state index contributed by atoms with van der Waals surface area (Å²) in [4.78, 5) is 11.8. The Kier molecular flexibility index (Phi) is 3.49. The van der Waals surface area contributed by atoms with Gasteiger partial charge in [-0.05, 0) is 25.0 Å². The number of ketones is 1. The summed E-state index contributed by atoms with van der Waals surface area (Å²) in [5, 5.41) is -0.509. The van der Waals surface area contributed by atoms with Crippen molar-refractivity contribution in [3.05, 3.63) is 30.1 Å². The van der Waals surface area contributed by atoms with E-state index >= 15 is 0 Å². The number of carbonyl (C=O) groups is 1. The predicted molar refractivity (Wildman–Crippen MR) is 60.1 cm³/mol. The zero-order chi connectivity index (χ0) is 11.5. The SMILES string of the molecule is O=C1CCCCC1S(=O)c1ccccc1F. The van der Waals surface area contributed by atoms with Crippen LogP contribution in [0.2, 0.25) is 0 Å². The Morgan fingerprint density at radius 3 is 2.69 bits per heavy atom. The van der Waals surface area contributed by atoms with Crippen molar-refractivity contribution in [3.63, 3.8) is 0 Å². The number of hydrogen-bond donors (Lipinski definition) is 0. The minimum Gasteiger partial charge on any atom is -0.298 e. The molecule has 1 aliphatic carbocycles. The first-order valence-corrected chi connectivity index (χ1v) is 6.59. The quantitative estimate of drug-likeness (QED) is 0.795. The Hall–Kier alpha value is -1.03. The van der Waals surface area contributed by atoms with Gasteiger partial charge >= 0.3 is 0 Å². The number of benzene rings is 1. The summed E-state index contributed by atoms with van der Waals surface area (Å²) >= 11 is 0. The second kappa shape index (κ2) is 4.87. The van der Waals surface area contributed by atoms with Crippen LogP contribution in [-0.2, 0) is 15.6 Å². The van der Waals surface area contributed by atoms with Gasteiger partial charge in [-0.2, -0.15) is 0 Å². The molecule has 2 unspecified atom stereocenters. The van der Waals surface area contributed by atoms with Crippen LogP contribution in [0, 0.1) is 5.82 Å². The van der Waals surface area contributed by atoms with Gasteiger partial charge in [0.1, 0.15) is 11.6 Å². The van der Waals surface area contributed by atoms with E-state index in [0.717, 1.165) is 12.8 Å². The number of Topliss-reactive ketones (excluding diaryl/α,β-unsaturated/α-hetero) is 1. The van der Waals surface area contributed by atoms with E-state index in [-0.39, 0.29) is 10.7 Å². The van der Waals surface area contributed by atoms with Gasteiger partial charge in [0.05, 0.1) is 20.9 Å². The molecule has 2 rings (SSSR count). The van der Waals surface area contributed by atoms with Gasteiger partial charge in [-0.15, -0.1) is 0 Å². The van der Waals surface area contributed by atoms with Crippen LogP contribution in [0.1, 0.15) is 25.7 Å². The second-order valence-electron chi connectivity index (χ2n) is 3.93. The van der Waals surface area contributed by atoms with Crippen LogP contribution < -0.4 is 0 Å². The molecule has 2 nitrogen and oxygen atoms in total. The highest BCUT2D eigenvalue weighted by Crippen LogP contribution is 2.24. The highest BCUT2D eigenvalue weighted by atomic mass is 32.2. The van der Waals surface area contributed by atoms with Crippen LogP contribution in [0.15, 0.2) is 29.2 Å². The molecule has 1 aliphatic rings. The standard InChI is InChI=1S/C12H13FO2S/c13-9-5-1-3-7-11(9)16(15)12-8-4-2-6-10(12)14/h1,3,5,7,12H,2,4,6,8H2. The zero-order valence-corrected chi connectivity index (χ0v) is 9.63. The summed E-state index contributed by atoms with van der Waals surface area (Å²) in [5.41, 5.74) is 0. The van der Waals surface area contributed by atoms with Crippen molar-refractivity contribution in [2.45, 2.75) is 35.8 Å². The molecule has 86 valence electrons. The lowest BCUT2D eigenvalue weighted by atomic mass is 9.99. The minimum absolute atomic E-state index is 0.00726. The summed E-state index contributed by atoms with van der Waals surface area (Å²) in [7, 11) is -1.54. The molecule has 0 aromatic heterocycles. The monoisotopic (exact) mass is 240 g/mol. The van der Waals surface area contributed by atoms with Crippen LogP contribution in [0.3, 0.4) is 0 Å². The average molecular weight is 240 g/mol. The van der Waals surface area contributed by atoms with Crippen LogP contribution in [0.4, 0.5) is 4.39 Å². The lowest BCUT2D eigenvalue weighted by Gasteiger charge is -2.19. The molecule has 0 spiro atoms. The third-order valence-corrected chi connectivity index (χ3v) is 4.59. The molecule has 1 saturated carbocycles. The molecule has 0 amide bonds. The molecule has 1 aromatic carbocycles. The van der Waals surface area contributed by atoms with Crippen molar-refractivity contribution in [1.29, 1.82) is 0 Å². The Bertz CT molecular complexity index is 431. The van der Waals surface area contributed by atoms with Crippen molar-refractivity contribution in [1.82, 2.24) is 0 Å². The smallest absolute Gasteiger partial charge is 0.148 e. The number of hydrogen-bond acceptors (Lipinski definition) is 2. The first kappa shape index (κ1) is 11.5. The van der Waals surface area contributed by atoms with E-state index in [0.29, 0.717) is 12.8 Å². The fourth-order valence-corrected chi connectivity index (χ4v) is 3.46. The largest absolute Gasteiger partial charge is 0.298 e. The van der Waals surface area contributed by atoms with Crippen LogP contribution >= 0.6 is 0 Å². The number of halogens is 1. The highest BCUT2D eigenvalue weighted by Gasteiger charge is 2.29. The van der Waals surface area contributed by atoms with Gasteiger partial charge in [-0.1, -0.05) is 18.6 Å². The molecular weight excluding hydrogens is 227 g/mol. The average Bonchev–Trinajstić information content (AvgIpc) is 2.29. The molecule has 0 heterocycles. The highest BCUT2D eigenvalue weighted by molar-refractivity contribution is 7.86.